The van der Waals surface area contributed by atoms with Gasteiger partial charge in [-0.05, 0) is 45.2 Å². The molecule has 0 saturated carbocycles. The van der Waals surface area contributed by atoms with E-state index in [1.165, 1.54) is 12.7 Å². The Morgan fingerprint density at radius 2 is 1.97 bits per heavy atom. The van der Waals surface area contributed by atoms with Crippen LogP contribution in [0.1, 0.15) is 42.2 Å². The molecule has 8 nitrogen and oxygen atoms in total. The average Bonchev–Trinajstić information content (AvgIpc) is 2.74. The summed E-state index contributed by atoms with van der Waals surface area (Å²) in [6.07, 6.45) is 6.50. The Hall–Kier alpha value is -3.29. The van der Waals surface area contributed by atoms with Crippen LogP contribution in [0.5, 0.6) is 0 Å². The lowest BCUT2D eigenvalue weighted by Crippen LogP contribution is -2.30. The Morgan fingerprint density at radius 3 is 2.72 bits per heavy atom. The molecule has 0 spiro atoms. The fourth-order valence-corrected chi connectivity index (χ4v) is 3.66. The van der Waals surface area contributed by atoms with Crippen LogP contribution in [0.25, 0.3) is 11.0 Å². The van der Waals surface area contributed by atoms with Gasteiger partial charge in [0.2, 0.25) is 5.43 Å². The van der Waals surface area contributed by atoms with Gasteiger partial charge < -0.3 is 14.8 Å². The van der Waals surface area contributed by atoms with Gasteiger partial charge in [-0.3, -0.25) is 9.59 Å². The van der Waals surface area contributed by atoms with Gasteiger partial charge in [0.25, 0.3) is 5.91 Å². The zero-order valence-electron chi connectivity index (χ0n) is 16.7. The number of hydrogen-bond acceptors (Lipinski definition) is 6. The van der Waals surface area contributed by atoms with Crippen molar-refractivity contribution in [3.63, 3.8) is 0 Å². The number of carbonyl (C=O) groups excluding carboxylic acids is 1. The third-order valence-corrected chi connectivity index (χ3v) is 5.22. The van der Waals surface area contributed by atoms with Gasteiger partial charge in [-0.25, -0.2) is 15.0 Å². The number of rotatable bonds is 4. The molecule has 3 aromatic heterocycles. The van der Waals surface area contributed by atoms with Crippen LogP contribution in [-0.2, 0) is 6.54 Å². The molecule has 1 N–H and O–H groups in total. The third kappa shape index (κ3) is 3.83. The van der Waals surface area contributed by atoms with Gasteiger partial charge in [0, 0.05) is 37.6 Å². The molecule has 1 saturated heterocycles. The summed E-state index contributed by atoms with van der Waals surface area (Å²) in [7, 11) is 0. The molecule has 0 atom stereocenters. The van der Waals surface area contributed by atoms with Crippen LogP contribution in [0.3, 0.4) is 0 Å². The lowest BCUT2D eigenvalue weighted by atomic mass is 10.1. The molecule has 29 heavy (non-hydrogen) atoms. The Morgan fingerprint density at radius 1 is 1.17 bits per heavy atom. The van der Waals surface area contributed by atoms with E-state index in [2.05, 4.69) is 25.2 Å². The summed E-state index contributed by atoms with van der Waals surface area (Å²) in [5, 5.41) is 3.19. The summed E-state index contributed by atoms with van der Waals surface area (Å²) in [6.45, 7) is 6.32. The van der Waals surface area contributed by atoms with Crippen LogP contribution in [0.15, 0.2) is 35.5 Å². The monoisotopic (exact) mass is 392 g/mol. The molecule has 1 aliphatic rings. The number of carbonyl (C=O) groups is 1. The van der Waals surface area contributed by atoms with E-state index < -0.39 is 5.91 Å². The average molecular weight is 392 g/mol. The molecule has 0 unspecified atom stereocenters. The first kappa shape index (κ1) is 19.0. The van der Waals surface area contributed by atoms with Crippen molar-refractivity contribution in [2.45, 2.75) is 39.7 Å². The highest BCUT2D eigenvalue weighted by Gasteiger charge is 2.18. The minimum absolute atomic E-state index is 0.0723. The van der Waals surface area contributed by atoms with Crippen molar-refractivity contribution in [2.24, 2.45) is 0 Å². The van der Waals surface area contributed by atoms with E-state index in [-0.39, 0.29) is 11.0 Å². The van der Waals surface area contributed by atoms with Crippen molar-refractivity contribution in [3.8, 4) is 0 Å². The molecule has 4 heterocycles. The zero-order chi connectivity index (χ0) is 20.4. The molecule has 1 fully saturated rings. The highest BCUT2D eigenvalue weighted by atomic mass is 16.2. The lowest BCUT2D eigenvalue weighted by Gasteiger charge is -2.27. The second-order valence-electron chi connectivity index (χ2n) is 7.24. The number of aromatic nitrogens is 4. The minimum Gasteiger partial charge on any atom is -0.356 e. The van der Waals surface area contributed by atoms with Crippen molar-refractivity contribution < 1.29 is 4.79 Å². The number of pyridine rings is 2. The van der Waals surface area contributed by atoms with Crippen molar-refractivity contribution in [3.05, 3.63) is 52.2 Å². The van der Waals surface area contributed by atoms with E-state index in [0.717, 1.165) is 37.4 Å². The summed E-state index contributed by atoms with van der Waals surface area (Å²) in [6, 6.07) is 5.26. The third-order valence-electron chi connectivity index (χ3n) is 5.22. The van der Waals surface area contributed by atoms with Gasteiger partial charge in [-0.2, -0.15) is 0 Å². The zero-order valence-corrected chi connectivity index (χ0v) is 16.7. The van der Waals surface area contributed by atoms with E-state index in [1.807, 2.05) is 18.4 Å². The quantitative estimate of drug-likeness (QED) is 0.734. The summed E-state index contributed by atoms with van der Waals surface area (Å²) in [4.78, 5) is 40.9. The highest BCUT2D eigenvalue weighted by molar-refractivity contribution is 6.05. The van der Waals surface area contributed by atoms with Crippen LogP contribution < -0.4 is 15.6 Å². The summed E-state index contributed by atoms with van der Waals surface area (Å²) in [5.74, 6) is 0.692. The molecule has 4 rings (SSSR count). The molecule has 8 heteroatoms. The molecule has 0 aliphatic carbocycles. The molecule has 1 amide bonds. The summed E-state index contributed by atoms with van der Waals surface area (Å²) >= 11 is 0. The second-order valence-corrected chi connectivity index (χ2v) is 7.24. The molecule has 0 aromatic carbocycles. The van der Waals surface area contributed by atoms with E-state index >= 15 is 0 Å². The summed E-state index contributed by atoms with van der Waals surface area (Å²) in [5.41, 5.74) is 1.15. The maximum atomic E-state index is 12.9. The Labute approximate surface area is 168 Å². The molecule has 150 valence electrons. The van der Waals surface area contributed by atoms with E-state index in [1.54, 1.807) is 24.4 Å². The normalized spacial score (nSPS) is 14.2. The van der Waals surface area contributed by atoms with Crippen LogP contribution in [0.4, 0.5) is 11.6 Å². The standard InChI is InChI=1S/C21H24N6O2/c1-3-26-12-16(19(28)15-8-7-14(2)24-20(15)26)21(29)25-17-11-18(23-13-22-17)27-9-5-4-6-10-27/h7-8,11-13H,3-6,9-10H2,1-2H3,(H,22,23,25,29). The second kappa shape index (κ2) is 7.98. The number of nitrogens with zero attached hydrogens (tertiary/aromatic N) is 5. The maximum Gasteiger partial charge on any atom is 0.262 e. The topological polar surface area (TPSA) is 93.0 Å². The van der Waals surface area contributed by atoms with E-state index in [4.69, 9.17) is 0 Å². The van der Waals surface area contributed by atoms with Crippen LogP contribution in [0, 0.1) is 6.92 Å². The predicted molar refractivity (Wildman–Crippen MR) is 112 cm³/mol. The first-order chi connectivity index (χ1) is 14.1. The molecular formula is C21H24N6O2. The molecule has 0 bridgehead atoms. The van der Waals surface area contributed by atoms with Crippen LogP contribution >= 0.6 is 0 Å². The number of amides is 1. The van der Waals surface area contributed by atoms with Gasteiger partial charge in [-0.1, -0.05) is 0 Å². The first-order valence-electron chi connectivity index (χ1n) is 9.96. The smallest absolute Gasteiger partial charge is 0.262 e. The van der Waals surface area contributed by atoms with Crippen molar-refractivity contribution in [1.82, 2.24) is 19.5 Å². The van der Waals surface area contributed by atoms with Gasteiger partial charge in [0.05, 0.1) is 5.39 Å². The predicted octanol–water partition coefficient (Wildman–Crippen LogP) is 2.76. The van der Waals surface area contributed by atoms with Gasteiger partial charge in [0.15, 0.2) is 0 Å². The number of hydrogen-bond donors (Lipinski definition) is 1. The van der Waals surface area contributed by atoms with E-state index in [0.29, 0.717) is 23.4 Å². The Kier molecular flexibility index (Phi) is 5.24. The number of nitrogens with one attached hydrogen (secondary N) is 1. The number of piperidine rings is 1. The lowest BCUT2D eigenvalue weighted by molar-refractivity contribution is 0.102. The fraction of sp³-hybridized carbons (Fsp3) is 0.381. The van der Waals surface area contributed by atoms with Crippen molar-refractivity contribution in [2.75, 3.05) is 23.3 Å². The Bertz CT molecular complexity index is 1120. The van der Waals surface area contributed by atoms with Gasteiger partial charge in [-0.15, -0.1) is 0 Å². The van der Waals surface area contributed by atoms with Crippen molar-refractivity contribution >= 4 is 28.6 Å². The largest absolute Gasteiger partial charge is 0.356 e. The van der Waals surface area contributed by atoms with E-state index in [9.17, 15) is 9.59 Å². The number of anilines is 2. The minimum atomic E-state index is -0.483. The summed E-state index contributed by atoms with van der Waals surface area (Å²) < 4.78 is 1.82. The Balaban J connectivity index is 1.65. The maximum absolute atomic E-state index is 12.9. The molecule has 0 radical (unpaired) electrons. The van der Waals surface area contributed by atoms with Crippen LogP contribution in [0.2, 0.25) is 0 Å². The molecule has 3 aromatic rings. The van der Waals surface area contributed by atoms with Gasteiger partial charge >= 0.3 is 0 Å². The highest BCUT2D eigenvalue weighted by Crippen LogP contribution is 2.19. The SMILES string of the molecule is CCn1cc(C(=O)Nc2cc(N3CCCCC3)ncn2)c(=O)c2ccc(C)nc21. The number of fused-ring (bicyclic) bond motifs is 1. The molecule has 1 aliphatic heterocycles. The van der Waals surface area contributed by atoms with Crippen LogP contribution in [-0.4, -0.2) is 38.5 Å². The first-order valence-corrected chi connectivity index (χ1v) is 9.96. The molecular weight excluding hydrogens is 368 g/mol. The number of aryl methyl sites for hydroxylation is 2. The van der Waals surface area contributed by atoms with Gasteiger partial charge in [0.1, 0.15) is 29.2 Å². The van der Waals surface area contributed by atoms with Crippen molar-refractivity contribution in [1.29, 1.82) is 0 Å². The fourth-order valence-electron chi connectivity index (χ4n) is 3.66.